The normalized spacial score (nSPS) is 10.4. The van der Waals surface area contributed by atoms with Crippen molar-refractivity contribution in [2.75, 3.05) is 32.2 Å². The van der Waals surface area contributed by atoms with E-state index in [0.29, 0.717) is 12.5 Å². The SMILES string of the molecule is CCOc1ccc(NCCCCOC)cc1CCl. The van der Waals surface area contributed by atoms with E-state index in [1.807, 2.05) is 25.1 Å². The van der Waals surface area contributed by atoms with Crippen LogP contribution in [0, 0.1) is 0 Å². The Balaban J connectivity index is 2.46. The van der Waals surface area contributed by atoms with E-state index in [1.54, 1.807) is 7.11 Å². The summed E-state index contributed by atoms with van der Waals surface area (Å²) in [5.74, 6) is 1.34. The Morgan fingerprint density at radius 3 is 2.78 bits per heavy atom. The van der Waals surface area contributed by atoms with Crippen LogP contribution in [0.15, 0.2) is 18.2 Å². The van der Waals surface area contributed by atoms with Gasteiger partial charge in [0.1, 0.15) is 5.75 Å². The Labute approximate surface area is 114 Å². The number of halogens is 1. The van der Waals surface area contributed by atoms with Crippen LogP contribution in [0.1, 0.15) is 25.3 Å². The van der Waals surface area contributed by atoms with Crippen molar-refractivity contribution in [2.45, 2.75) is 25.6 Å². The highest BCUT2D eigenvalue weighted by atomic mass is 35.5. The number of benzene rings is 1. The van der Waals surface area contributed by atoms with E-state index >= 15 is 0 Å². The Bertz CT molecular complexity index is 345. The van der Waals surface area contributed by atoms with Crippen LogP contribution < -0.4 is 10.1 Å². The molecule has 0 bridgehead atoms. The average Bonchev–Trinajstić information content (AvgIpc) is 2.40. The number of alkyl halides is 1. The van der Waals surface area contributed by atoms with E-state index in [1.165, 1.54) is 0 Å². The van der Waals surface area contributed by atoms with Crippen molar-refractivity contribution in [3.05, 3.63) is 23.8 Å². The Hall–Kier alpha value is -0.930. The number of anilines is 1. The molecule has 1 N–H and O–H groups in total. The molecule has 0 amide bonds. The first-order chi connectivity index (χ1) is 8.81. The molecular formula is C14H22ClNO2. The summed E-state index contributed by atoms with van der Waals surface area (Å²) in [7, 11) is 1.73. The van der Waals surface area contributed by atoms with Gasteiger partial charge < -0.3 is 14.8 Å². The van der Waals surface area contributed by atoms with Crippen molar-refractivity contribution in [1.29, 1.82) is 0 Å². The molecule has 0 aliphatic rings. The maximum absolute atomic E-state index is 5.92. The van der Waals surface area contributed by atoms with E-state index in [9.17, 15) is 0 Å². The third-order valence-corrected chi connectivity index (χ3v) is 2.90. The quantitative estimate of drug-likeness (QED) is 0.549. The molecule has 3 nitrogen and oxygen atoms in total. The fraction of sp³-hybridized carbons (Fsp3) is 0.571. The summed E-state index contributed by atoms with van der Waals surface area (Å²) in [4.78, 5) is 0. The van der Waals surface area contributed by atoms with Gasteiger partial charge in [-0.2, -0.15) is 0 Å². The van der Waals surface area contributed by atoms with E-state index in [2.05, 4.69) is 5.32 Å². The largest absolute Gasteiger partial charge is 0.494 e. The molecule has 4 heteroatoms. The average molecular weight is 272 g/mol. The second-order valence-corrected chi connectivity index (χ2v) is 4.28. The van der Waals surface area contributed by atoms with Gasteiger partial charge in [-0.15, -0.1) is 11.6 Å². The van der Waals surface area contributed by atoms with Crippen molar-refractivity contribution < 1.29 is 9.47 Å². The highest BCUT2D eigenvalue weighted by molar-refractivity contribution is 6.17. The number of rotatable bonds is 9. The molecule has 102 valence electrons. The second kappa shape index (κ2) is 9.06. The monoisotopic (exact) mass is 271 g/mol. The van der Waals surface area contributed by atoms with Crippen molar-refractivity contribution in [2.24, 2.45) is 0 Å². The van der Waals surface area contributed by atoms with Crippen molar-refractivity contribution in [1.82, 2.24) is 0 Å². The number of hydrogen-bond acceptors (Lipinski definition) is 3. The summed E-state index contributed by atoms with van der Waals surface area (Å²) in [6.45, 7) is 4.39. The fourth-order valence-corrected chi connectivity index (χ4v) is 1.90. The smallest absolute Gasteiger partial charge is 0.123 e. The Morgan fingerprint density at radius 1 is 1.28 bits per heavy atom. The summed E-state index contributed by atoms with van der Waals surface area (Å²) >= 11 is 5.92. The summed E-state index contributed by atoms with van der Waals surface area (Å²) in [6.07, 6.45) is 2.17. The number of nitrogens with one attached hydrogen (secondary N) is 1. The summed E-state index contributed by atoms with van der Waals surface area (Å²) in [5, 5.41) is 3.38. The van der Waals surface area contributed by atoms with E-state index in [0.717, 1.165) is 43.0 Å². The van der Waals surface area contributed by atoms with Crippen LogP contribution in [0.2, 0.25) is 0 Å². The molecule has 18 heavy (non-hydrogen) atoms. The highest BCUT2D eigenvalue weighted by Crippen LogP contribution is 2.24. The van der Waals surface area contributed by atoms with Crippen LogP contribution in [0.5, 0.6) is 5.75 Å². The minimum Gasteiger partial charge on any atom is -0.494 e. The van der Waals surface area contributed by atoms with Crippen molar-refractivity contribution in [3.8, 4) is 5.75 Å². The summed E-state index contributed by atoms with van der Waals surface area (Å²) in [5.41, 5.74) is 2.12. The first-order valence-corrected chi connectivity index (χ1v) is 6.89. The lowest BCUT2D eigenvalue weighted by Crippen LogP contribution is -2.04. The summed E-state index contributed by atoms with van der Waals surface area (Å²) in [6, 6.07) is 6.05. The zero-order valence-electron chi connectivity index (χ0n) is 11.2. The van der Waals surface area contributed by atoms with Crippen LogP contribution in [0.3, 0.4) is 0 Å². The van der Waals surface area contributed by atoms with Gasteiger partial charge >= 0.3 is 0 Å². The lowest BCUT2D eigenvalue weighted by molar-refractivity contribution is 0.194. The van der Waals surface area contributed by atoms with Crippen LogP contribution in [0.25, 0.3) is 0 Å². The molecule has 1 aromatic carbocycles. The predicted octanol–water partition coefficient (Wildman–Crippen LogP) is 3.66. The Kier molecular flexibility index (Phi) is 7.62. The molecule has 0 saturated carbocycles. The molecule has 0 radical (unpaired) electrons. The Morgan fingerprint density at radius 2 is 2.11 bits per heavy atom. The molecule has 0 aliphatic carbocycles. The van der Waals surface area contributed by atoms with Gasteiger partial charge in [-0.05, 0) is 38.0 Å². The maximum Gasteiger partial charge on any atom is 0.123 e. The lowest BCUT2D eigenvalue weighted by atomic mass is 10.2. The molecule has 0 heterocycles. The number of ether oxygens (including phenoxy) is 2. The molecule has 0 aromatic heterocycles. The van der Waals surface area contributed by atoms with Gasteiger partial charge in [0.25, 0.3) is 0 Å². The van der Waals surface area contributed by atoms with Gasteiger partial charge in [0.05, 0.1) is 12.5 Å². The van der Waals surface area contributed by atoms with Crippen LogP contribution >= 0.6 is 11.6 Å². The molecule has 0 unspecified atom stereocenters. The molecule has 1 aromatic rings. The van der Waals surface area contributed by atoms with E-state index in [4.69, 9.17) is 21.1 Å². The fourth-order valence-electron chi connectivity index (χ4n) is 1.69. The summed E-state index contributed by atoms with van der Waals surface area (Å²) < 4.78 is 10.5. The molecule has 1 rings (SSSR count). The van der Waals surface area contributed by atoms with Gasteiger partial charge in [-0.1, -0.05) is 0 Å². The molecule has 0 atom stereocenters. The van der Waals surface area contributed by atoms with Gasteiger partial charge in [0.2, 0.25) is 0 Å². The molecule has 0 fully saturated rings. The highest BCUT2D eigenvalue weighted by Gasteiger charge is 2.03. The minimum absolute atomic E-state index is 0.467. The van der Waals surface area contributed by atoms with Gasteiger partial charge in [0, 0.05) is 31.5 Å². The number of hydrogen-bond donors (Lipinski definition) is 1. The topological polar surface area (TPSA) is 30.5 Å². The van der Waals surface area contributed by atoms with Gasteiger partial charge in [-0.3, -0.25) is 0 Å². The standard InChI is InChI=1S/C14H22ClNO2/c1-3-18-14-7-6-13(10-12(14)11-15)16-8-4-5-9-17-2/h6-7,10,16H,3-5,8-9,11H2,1-2H3. The maximum atomic E-state index is 5.92. The van der Waals surface area contributed by atoms with Crippen LogP contribution in [0.4, 0.5) is 5.69 Å². The molecular weight excluding hydrogens is 250 g/mol. The molecule has 0 spiro atoms. The zero-order valence-corrected chi connectivity index (χ0v) is 11.9. The third kappa shape index (κ3) is 5.15. The van der Waals surface area contributed by atoms with Gasteiger partial charge in [-0.25, -0.2) is 0 Å². The zero-order chi connectivity index (χ0) is 13.2. The van der Waals surface area contributed by atoms with Gasteiger partial charge in [0.15, 0.2) is 0 Å². The second-order valence-electron chi connectivity index (χ2n) is 4.02. The third-order valence-electron chi connectivity index (χ3n) is 2.61. The van der Waals surface area contributed by atoms with E-state index in [-0.39, 0.29) is 0 Å². The minimum atomic E-state index is 0.467. The molecule has 0 aliphatic heterocycles. The van der Waals surface area contributed by atoms with E-state index < -0.39 is 0 Å². The van der Waals surface area contributed by atoms with Crippen LogP contribution in [-0.4, -0.2) is 26.9 Å². The first-order valence-electron chi connectivity index (χ1n) is 6.36. The van der Waals surface area contributed by atoms with Crippen molar-refractivity contribution in [3.63, 3.8) is 0 Å². The lowest BCUT2D eigenvalue weighted by Gasteiger charge is -2.11. The number of unbranched alkanes of at least 4 members (excludes halogenated alkanes) is 1. The number of methoxy groups -OCH3 is 1. The first kappa shape index (κ1) is 15.1. The van der Waals surface area contributed by atoms with Crippen molar-refractivity contribution >= 4 is 17.3 Å². The van der Waals surface area contributed by atoms with Crippen LogP contribution in [-0.2, 0) is 10.6 Å². The molecule has 0 saturated heterocycles. The predicted molar refractivity (Wildman–Crippen MR) is 76.8 cm³/mol.